The van der Waals surface area contributed by atoms with E-state index < -0.39 is 33.7 Å². The Bertz CT molecular complexity index is 1690. The van der Waals surface area contributed by atoms with Crippen molar-refractivity contribution < 1.29 is 21.6 Å². The van der Waals surface area contributed by atoms with E-state index in [1.165, 1.54) is 12.1 Å². The topological polar surface area (TPSA) is 105 Å². The van der Waals surface area contributed by atoms with Crippen LogP contribution in [0, 0.1) is 11.3 Å². The highest BCUT2D eigenvalue weighted by Gasteiger charge is 2.45. The van der Waals surface area contributed by atoms with E-state index in [1.54, 1.807) is 23.0 Å². The van der Waals surface area contributed by atoms with Gasteiger partial charge in [-0.15, -0.1) is 6.58 Å². The third-order valence-electron chi connectivity index (χ3n) is 6.71. The highest BCUT2D eigenvalue weighted by molar-refractivity contribution is 7.89. The summed E-state index contributed by atoms with van der Waals surface area (Å²) in [7, 11) is -4.57. The standard InChI is InChI=1S/C27H23F3N6O2S/c1-3-13-35(17(2)27(28,29)30)39(37,38)20-8-10-23(34-16-20)25-22(15-31)21-9-7-19(18-5-6-18)14-24(21)36(25)26-32-11-4-12-33-26/h3-4,7-12,14,16-18H,1,5-6,13H2,2H3. The zero-order chi connectivity index (χ0) is 27.9. The van der Waals surface area contributed by atoms with Crippen LogP contribution in [-0.2, 0) is 10.0 Å². The summed E-state index contributed by atoms with van der Waals surface area (Å²) in [6, 6.07) is 10.0. The van der Waals surface area contributed by atoms with Crippen LogP contribution in [0.2, 0.25) is 0 Å². The molecule has 8 nitrogen and oxygen atoms in total. The van der Waals surface area contributed by atoms with Crippen LogP contribution in [0.3, 0.4) is 0 Å². The molecule has 1 aliphatic carbocycles. The summed E-state index contributed by atoms with van der Waals surface area (Å²) >= 11 is 0. The molecule has 5 rings (SSSR count). The molecule has 3 aromatic heterocycles. The van der Waals surface area contributed by atoms with Gasteiger partial charge >= 0.3 is 6.18 Å². The molecular formula is C27H23F3N6O2S. The van der Waals surface area contributed by atoms with Crippen LogP contribution >= 0.6 is 0 Å². The van der Waals surface area contributed by atoms with E-state index >= 15 is 0 Å². The molecule has 200 valence electrons. The van der Waals surface area contributed by atoms with E-state index in [0.717, 1.165) is 37.6 Å². The molecule has 0 radical (unpaired) electrons. The molecule has 0 N–H and O–H groups in total. The van der Waals surface area contributed by atoms with Crippen molar-refractivity contribution in [3.63, 3.8) is 0 Å². The van der Waals surface area contributed by atoms with Gasteiger partial charge in [0.15, 0.2) is 0 Å². The van der Waals surface area contributed by atoms with E-state index in [1.807, 2.05) is 18.2 Å². The molecule has 12 heteroatoms. The Morgan fingerprint density at radius 1 is 1.21 bits per heavy atom. The summed E-state index contributed by atoms with van der Waals surface area (Å²) in [6.45, 7) is 3.63. The Hall–Kier alpha value is -4.08. The highest BCUT2D eigenvalue weighted by Crippen LogP contribution is 2.43. The number of hydrogen-bond acceptors (Lipinski definition) is 6. The summed E-state index contributed by atoms with van der Waals surface area (Å²) in [4.78, 5) is 12.6. The van der Waals surface area contributed by atoms with Gasteiger partial charge in [-0.1, -0.05) is 18.2 Å². The quantitative estimate of drug-likeness (QED) is 0.273. The number of alkyl halides is 3. The van der Waals surface area contributed by atoms with Crippen LogP contribution in [0.25, 0.3) is 28.2 Å². The minimum atomic E-state index is -4.78. The molecule has 1 atom stereocenters. The first kappa shape index (κ1) is 26.5. The predicted octanol–water partition coefficient (Wildman–Crippen LogP) is 5.36. The second-order valence-electron chi connectivity index (χ2n) is 9.23. The number of hydrogen-bond donors (Lipinski definition) is 0. The molecule has 1 aliphatic rings. The number of aromatic nitrogens is 4. The van der Waals surface area contributed by atoms with E-state index in [4.69, 9.17) is 0 Å². The second-order valence-corrected chi connectivity index (χ2v) is 11.1. The molecule has 0 amide bonds. The number of sulfonamides is 1. The Morgan fingerprint density at radius 2 is 1.92 bits per heavy atom. The van der Waals surface area contributed by atoms with Crippen molar-refractivity contribution in [3.8, 4) is 23.4 Å². The molecular weight excluding hydrogens is 529 g/mol. The van der Waals surface area contributed by atoms with Crippen molar-refractivity contribution in [1.29, 1.82) is 5.26 Å². The van der Waals surface area contributed by atoms with Gasteiger partial charge in [-0.2, -0.15) is 22.7 Å². The third-order valence-corrected chi connectivity index (χ3v) is 8.63. The Balaban J connectivity index is 1.66. The minimum Gasteiger partial charge on any atom is -0.275 e. The first-order valence-electron chi connectivity index (χ1n) is 12.1. The van der Waals surface area contributed by atoms with Gasteiger partial charge in [0, 0.05) is 30.5 Å². The lowest BCUT2D eigenvalue weighted by Crippen LogP contribution is -2.46. The first-order valence-corrected chi connectivity index (χ1v) is 13.5. The smallest absolute Gasteiger partial charge is 0.275 e. The summed E-state index contributed by atoms with van der Waals surface area (Å²) < 4.78 is 68.7. The van der Waals surface area contributed by atoms with E-state index in [2.05, 4.69) is 27.6 Å². The number of halogens is 3. The van der Waals surface area contributed by atoms with Crippen LogP contribution in [0.5, 0.6) is 0 Å². The fraction of sp³-hybridized carbons (Fsp3) is 0.259. The van der Waals surface area contributed by atoms with Gasteiger partial charge in [-0.25, -0.2) is 18.4 Å². The van der Waals surface area contributed by atoms with Gasteiger partial charge in [-0.05, 0) is 55.5 Å². The molecule has 0 bridgehead atoms. The average molecular weight is 553 g/mol. The van der Waals surface area contributed by atoms with Crippen LogP contribution in [0.1, 0.15) is 36.8 Å². The third kappa shape index (κ3) is 4.79. The normalized spacial score (nSPS) is 14.9. The molecule has 3 heterocycles. The summed E-state index contributed by atoms with van der Waals surface area (Å²) in [5, 5.41) is 10.8. The zero-order valence-corrected chi connectivity index (χ0v) is 21.6. The van der Waals surface area contributed by atoms with Crippen molar-refractivity contribution in [2.75, 3.05) is 6.54 Å². The van der Waals surface area contributed by atoms with Crippen molar-refractivity contribution in [1.82, 2.24) is 23.8 Å². The van der Waals surface area contributed by atoms with Crippen molar-refractivity contribution in [3.05, 3.63) is 78.8 Å². The number of fused-ring (bicyclic) bond motifs is 1. The predicted molar refractivity (Wildman–Crippen MR) is 138 cm³/mol. The molecule has 0 spiro atoms. The molecule has 1 aromatic carbocycles. The largest absolute Gasteiger partial charge is 0.404 e. The van der Waals surface area contributed by atoms with Crippen LogP contribution in [0.4, 0.5) is 13.2 Å². The number of pyridine rings is 1. The molecule has 1 saturated carbocycles. The first-order chi connectivity index (χ1) is 18.6. The number of rotatable bonds is 8. The SMILES string of the molecule is C=CCN(C(C)C(F)(F)F)S(=O)(=O)c1ccc(-c2c(C#N)c3ccc(C4CC4)cc3n2-c2ncccn2)nc1. The van der Waals surface area contributed by atoms with E-state index in [0.29, 0.717) is 38.3 Å². The Morgan fingerprint density at radius 3 is 2.49 bits per heavy atom. The maximum Gasteiger partial charge on any atom is 0.404 e. The molecule has 1 fully saturated rings. The number of nitriles is 1. The maximum atomic E-state index is 13.4. The summed E-state index contributed by atoms with van der Waals surface area (Å²) in [5.41, 5.74) is 2.71. The van der Waals surface area contributed by atoms with Gasteiger partial charge in [0.2, 0.25) is 16.0 Å². The van der Waals surface area contributed by atoms with E-state index in [-0.39, 0.29) is 5.69 Å². The fourth-order valence-corrected chi connectivity index (χ4v) is 6.04. The molecule has 1 unspecified atom stereocenters. The van der Waals surface area contributed by atoms with Gasteiger partial charge < -0.3 is 0 Å². The van der Waals surface area contributed by atoms with Crippen LogP contribution < -0.4 is 0 Å². The molecule has 0 aliphatic heterocycles. The summed E-state index contributed by atoms with van der Waals surface area (Å²) in [6.07, 6.45) is 2.60. The molecule has 0 saturated heterocycles. The number of nitrogens with zero attached hydrogens (tertiary/aromatic N) is 6. The average Bonchev–Trinajstić information content (AvgIpc) is 3.72. The van der Waals surface area contributed by atoms with Gasteiger partial charge in [0.1, 0.15) is 17.0 Å². The summed E-state index contributed by atoms with van der Waals surface area (Å²) in [5.74, 6) is 0.741. The Labute approximate surface area is 223 Å². The number of benzene rings is 1. The van der Waals surface area contributed by atoms with Crippen LogP contribution in [-0.4, -0.2) is 51.0 Å². The lowest BCUT2D eigenvalue weighted by atomic mass is 10.1. The maximum absolute atomic E-state index is 13.4. The van der Waals surface area contributed by atoms with Crippen molar-refractivity contribution in [2.45, 2.75) is 42.8 Å². The van der Waals surface area contributed by atoms with Gasteiger partial charge in [-0.3, -0.25) is 9.55 Å². The van der Waals surface area contributed by atoms with Crippen molar-refractivity contribution >= 4 is 20.9 Å². The Kier molecular flexibility index (Phi) is 6.74. The van der Waals surface area contributed by atoms with Crippen LogP contribution in [0.15, 0.2) is 72.5 Å². The lowest BCUT2D eigenvalue weighted by Gasteiger charge is -2.28. The van der Waals surface area contributed by atoms with Gasteiger partial charge in [0.25, 0.3) is 0 Å². The molecule has 39 heavy (non-hydrogen) atoms. The minimum absolute atomic E-state index is 0.237. The van der Waals surface area contributed by atoms with Gasteiger partial charge in [0.05, 0.1) is 22.5 Å². The monoisotopic (exact) mass is 552 g/mol. The zero-order valence-electron chi connectivity index (χ0n) is 20.8. The van der Waals surface area contributed by atoms with Crippen molar-refractivity contribution in [2.24, 2.45) is 0 Å². The highest BCUT2D eigenvalue weighted by atomic mass is 32.2. The fourth-order valence-electron chi connectivity index (χ4n) is 4.51. The second kappa shape index (κ2) is 9.91. The van der Waals surface area contributed by atoms with E-state index in [9.17, 15) is 26.9 Å². The lowest BCUT2D eigenvalue weighted by molar-refractivity contribution is -0.165. The molecule has 4 aromatic rings.